The standard InChI is InChI=1S/C6H13O7PS/c1-3(7)5(8)6(9)4(15)2-13-14(10,11)12/h3,5-9H,2H2,1H3,(H2,10,11,12). The predicted octanol–water partition coefficient (Wildman–Crippen LogP) is -1.43. The van der Waals surface area contributed by atoms with Crippen molar-refractivity contribution in [2.75, 3.05) is 6.61 Å². The molecule has 0 bridgehead atoms. The smallest absolute Gasteiger partial charge is 0.391 e. The summed E-state index contributed by atoms with van der Waals surface area (Å²) in [4.78, 5) is 16.4. The maximum Gasteiger partial charge on any atom is 0.469 e. The molecule has 0 radical (unpaired) electrons. The van der Waals surface area contributed by atoms with E-state index in [1.807, 2.05) is 0 Å². The molecular formula is C6H13O7PS. The highest BCUT2D eigenvalue weighted by Gasteiger charge is 2.26. The molecule has 90 valence electrons. The fraction of sp³-hybridized carbons (Fsp3) is 0.833. The Labute approximate surface area is 91.6 Å². The molecule has 0 fully saturated rings. The summed E-state index contributed by atoms with van der Waals surface area (Å²) in [5.41, 5.74) is 0. The van der Waals surface area contributed by atoms with Gasteiger partial charge < -0.3 is 25.1 Å². The highest BCUT2D eigenvalue weighted by molar-refractivity contribution is 7.80. The number of hydrogen-bond acceptors (Lipinski definition) is 6. The molecule has 0 heterocycles. The summed E-state index contributed by atoms with van der Waals surface area (Å²) in [7, 11) is -4.66. The third kappa shape index (κ3) is 6.29. The van der Waals surface area contributed by atoms with E-state index in [4.69, 9.17) is 20.0 Å². The van der Waals surface area contributed by atoms with E-state index in [9.17, 15) is 9.67 Å². The van der Waals surface area contributed by atoms with Crippen LogP contribution in [-0.4, -0.2) is 54.9 Å². The summed E-state index contributed by atoms with van der Waals surface area (Å²) in [6, 6.07) is 0. The molecular weight excluding hydrogens is 247 g/mol. The molecule has 0 spiro atoms. The Balaban J connectivity index is 4.17. The summed E-state index contributed by atoms with van der Waals surface area (Å²) < 4.78 is 14.3. The van der Waals surface area contributed by atoms with E-state index in [-0.39, 0.29) is 4.86 Å². The number of aliphatic hydroxyl groups excluding tert-OH is 3. The van der Waals surface area contributed by atoms with Gasteiger partial charge in [-0.2, -0.15) is 0 Å². The highest BCUT2D eigenvalue weighted by atomic mass is 32.1. The number of hydrogen-bond donors (Lipinski definition) is 5. The van der Waals surface area contributed by atoms with Gasteiger partial charge in [-0.1, -0.05) is 12.2 Å². The van der Waals surface area contributed by atoms with Crippen molar-refractivity contribution >= 4 is 24.9 Å². The van der Waals surface area contributed by atoms with Crippen molar-refractivity contribution in [1.82, 2.24) is 0 Å². The van der Waals surface area contributed by atoms with Gasteiger partial charge in [0.1, 0.15) is 12.2 Å². The molecule has 3 atom stereocenters. The normalized spacial score (nSPS) is 18.3. The van der Waals surface area contributed by atoms with Crippen molar-refractivity contribution < 1.29 is 34.2 Å². The van der Waals surface area contributed by atoms with Gasteiger partial charge in [-0.05, 0) is 6.92 Å². The number of rotatable bonds is 6. The van der Waals surface area contributed by atoms with Gasteiger partial charge in [-0.3, -0.25) is 4.52 Å². The molecule has 0 saturated carbocycles. The van der Waals surface area contributed by atoms with Gasteiger partial charge in [0.2, 0.25) is 0 Å². The van der Waals surface area contributed by atoms with Crippen LogP contribution < -0.4 is 0 Å². The zero-order valence-electron chi connectivity index (χ0n) is 7.85. The summed E-state index contributed by atoms with van der Waals surface area (Å²) in [6.45, 7) is 0.560. The SMILES string of the molecule is CC(O)C(O)C(O)C(=S)COP(=O)(O)O. The van der Waals surface area contributed by atoms with Crippen molar-refractivity contribution in [3.8, 4) is 0 Å². The first-order valence-electron chi connectivity index (χ1n) is 3.92. The lowest BCUT2D eigenvalue weighted by Crippen LogP contribution is -2.41. The lowest BCUT2D eigenvalue weighted by atomic mass is 10.1. The molecule has 3 unspecified atom stereocenters. The van der Waals surface area contributed by atoms with Gasteiger partial charge in [-0.15, -0.1) is 0 Å². The minimum atomic E-state index is -4.66. The van der Waals surface area contributed by atoms with E-state index in [2.05, 4.69) is 16.7 Å². The molecule has 7 nitrogen and oxygen atoms in total. The van der Waals surface area contributed by atoms with Gasteiger partial charge in [0, 0.05) is 0 Å². The Hall–Kier alpha value is 0.0800. The van der Waals surface area contributed by atoms with Crippen molar-refractivity contribution in [2.45, 2.75) is 25.2 Å². The van der Waals surface area contributed by atoms with Crippen molar-refractivity contribution in [3.05, 3.63) is 0 Å². The lowest BCUT2D eigenvalue weighted by Gasteiger charge is -2.20. The average molecular weight is 260 g/mol. The van der Waals surface area contributed by atoms with Gasteiger partial charge in [0.25, 0.3) is 0 Å². The van der Waals surface area contributed by atoms with E-state index >= 15 is 0 Å². The third-order valence-electron chi connectivity index (χ3n) is 1.52. The van der Waals surface area contributed by atoms with Crippen LogP contribution in [-0.2, 0) is 9.09 Å². The van der Waals surface area contributed by atoms with Gasteiger partial charge in [0.15, 0.2) is 0 Å². The number of phosphoric ester groups is 1. The van der Waals surface area contributed by atoms with Crippen molar-refractivity contribution in [1.29, 1.82) is 0 Å². The lowest BCUT2D eigenvalue weighted by molar-refractivity contribution is -0.0260. The summed E-state index contributed by atoms with van der Waals surface area (Å²) >= 11 is 4.55. The average Bonchev–Trinajstić information content (AvgIpc) is 2.10. The molecule has 0 saturated heterocycles. The first kappa shape index (κ1) is 15.1. The quantitative estimate of drug-likeness (QED) is 0.290. The molecule has 0 aromatic heterocycles. The molecule has 0 aliphatic heterocycles. The fourth-order valence-corrected chi connectivity index (χ4v) is 1.28. The van der Waals surface area contributed by atoms with Crippen molar-refractivity contribution in [2.24, 2.45) is 0 Å². The van der Waals surface area contributed by atoms with E-state index < -0.39 is 32.7 Å². The Morgan fingerprint density at radius 3 is 2.20 bits per heavy atom. The first-order valence-corrected chi connectivity index (χ1v) is 5.86. The predicted molar refractivity (Wildman–Crippen MR) is 54.3 cm³/mol. The van der Waals surface area contributed by atoms with Crippen LogP contribution in [0, 0.1) is 0 Å². The molecule has 0 aliphatic rings. The molecule has 0 aromatic carbocycles. The molecule has 0 aliphatic carbocycles. The van der Waals surface area contributed by atoms with Gasteiger partial charge in [-0.25, -0.2) is 4.57 Å². The Morgan fingerprint density at radius 1 is 1.40 bits per heavy atom. The van der Waals surface area contributed by atoms with Crippen LogP contribution in [0.2, 0.25) is 0 Å². The van der Waals surface area contributed by atoms with Crippen LogP contribution in [0.4, 0.5) is 0 Å². The molecule has 0 amide bonds. The minimum Gasteiger partial charge on any atom is -0.391 e. The summed E-state index contributed by atoms with van der Waals surface area (Å²) in [6.07, 6.45) is -4.31. The minimum absolute atomic E-state index is 0.299. The Morgan fingerprint density at radius 2 is 1.87 bits per heavy atom. The number of phosphoric acid groups is 1. The Bertz CT molecular complexity index is 262. The van der Waals surface area contributed by atoms with Gasteiger partial charge >= 0.3 is 7.82 Å². The van der Waals surface area contributed by atoms with E-state index in [0.717, 1.165) is 0 Å². The van der Waals surface area contributed by atoms with E-state index in [0.29, 0.717) is 0 Å². The van der Waals surface area contributed by atoms with Crippen LogP contribution in [0.1, 0.15) is 6.92 Å². The number of thiocarbonyl (C=S) groups is 1. The van der Waals surface area contributed by atoms with E-state index in [1.165, 1.54) is 6.92 Å². The molecule has 5 N–H and O–H groups in total. The third-order valence-corrected chi connectivity index (χ3v) is 2.35. The second-order valence-corrected chi connectivity index (χ2v) is 4.67. The topological polar surface area (TPSA) is 127 Å². The molecule has 9 heteroatoms. The molecule has 0 rings (SSSR count). The largest absolute Gasteiger partial charge is 0.469 e. The van der Waals surface area contributed by atoms with Crippen LogP contribution in [0.15, 0.2) is 0 Å². The van der Waals surface area contributed by atoms with Crippen LogP contribution >= 0.6 is 20.0 Å². The summed E-state index contributed by atoms with van der Waals surface area (Å²) in [5.74, 6) is 0. The molecule has 0 aromatic rings. The van der Waals surface area contributed by atoms with Crippen LogP contribution in [0.25, 0.3) is 0 Å². The van der Waals surface area contributed by atoms with Crippen LogP contribution in [0.3, 0.4) is 0 Å². The monoisotopic (exact) mass is 260 g/mol. The zero-order chi connectivity index (χ0) is 12.2. The fourth-order valence-electron chi connectivity index (χ4n) is 0.687. The maximum absolute atomic E-state index is 10.3. The highest BCUT2D eigenvalue weighted by Crippen LogP contribution is 2.35. The second-order valence-electron chi connectivity index (χ2n) is 2.91. The van der Waals surface area contributed by atoms with Gasteiger partial charge in [0.05, 0.1) is 17.6 Å². The summed E-state index contributed by atoms with van der Waals surface area (Å²) in [5, 5.41) is 27.3. The van der Waals surface area contributed by atoms with Crippen LogP contribution in [0.5, 0.6) is 0 Å². The zero-order valence-corrected chi connectivity index (χ0v) is 9.56. The maximum atomic E-state index is 10.3. The van der Waals surface area contributed by atoms with E-state index in [1.54, 1.807) is 0 Å². The Kier molecular flexibility index (Phi) is 6.01. The second kappa shape index (κ2) is 5.97. The first-order chi connectivity index (χ1) is 6.65. The van der Waals surface area contributed by atoms with Crippen molar-refractivity contribution in [3.63, 3.8) is 0 Å². The molecule has 15 heavy (non-hydrogen) atoms. The number of aliphatic hydroxyl groups is 3.